The molecule has 2 rings (SSSR count). The predicted molar refractivity (Wildman–Crippen MR) is 59.7 cm³/mol. The average Bonchev–Trinajstić information content (AvgIpc) is 2.58. The van der Waals surface area contributed by atoms with Gasteiger partial charge in [-0.3, -0.25) is 0 Å². The number of nitriles is 1. The van der Waals surface area contributed by atoms with Crippen LogP contribution in [0.15, 0.2) is 6.20 Å². The summed E-state index contributed by atoms with van der Waals surface area (Å²) in [5, 5.41) is 13.0. The van der Waals surface area contributed by atoms with Crippen LogP contribution in [0.2, 0.25) is 0 Å². The van der Waals surface area contributed by atoms with E-state index in [-0.39, 0.29) is 11.6 Å². The topological polar surface area (TPSA) is 76.9 Å². The van der Waals surface area contributed by atoms with Crippen LogP contribution in [0, 0.1) is 11.3 Å². The van der Waals surface area contributed by atoms with Gasteiger partial charge in [0.1, 0.15) is 17.5 Å². The lowest BCUT2D eigenvalue weighted by Crippen LogP contribution is -2.35. The molecule has 1 fully saturated rings. The van der Waals surface area contributed by atoms with Crippen LogP contribution in [0.25, 0.3) is 0 Å². The molecule has 5 nitrogen and oxygen atoms in total. The van der Waals surface area contributed by atoms with Gasteiger partial charge in [-0.15, -0.1) is 0 Å². The number of ether oxygens (including phenoxy) is 1. The third-order valence-electron chi connectivity index (χ3n) is 2.97. The molecule has 1 aromatic heterocycles. The summed E-state index contributed by atoms with van der Waals surface area (Å²) >= 11 is 0. The largest absolute Gasteiger partial charge is 0.383 e. The quantitative estimate of drug-likeness (QED) is 0.777. The van der Waals surface area contributed by atoms with E-state index in [0.717, 1.165) is 12.8 Å². The Balaban J connectivity index is 2.24. The maximum Gasteiger partial charge on any atom is 0.140 e. The van der Waals surface area contributed by atoms with Crippen molar-refractivity contribution in [2.75, 3.05) is 12.3 Å². The Morgan fingerprint density at radius 1 is 1.69 bits per heavy atom. The molecule has 0 aliphatic carbocycles. The fourth-order valence-corrected chi connectivity index (χ4v) is 2.16. The molecule has 1 atom stereocenters. The van der Waals surface area contributed by atoms with E-state index in [1.807, 2.05) is 6.07 Å². The van der Waals surface area contributed by atoms with Crippen molar-refractivity contribution < 1.29 is 4.74 Å². The van der Waals surface area contributed by atoms with Gasteiger partial charge in [0.05, 0.1) is 17.8 Å². The first-order valence-electron chi connectivity index (χ1n) is 5.40. The van der Waals surface area contributed by atoms with E-state index >= 15 is 0 Å². The minimum absolute atomic E-state index is 0.145. The molecule has 0 aromatic carbocycles. The van der Waals surface area contributed by atoms with Crippen LogP contribution < -0.4 is 5.73 Å². The summed E-state index contributed by atoms with van der Waals surface area (Å²) in [7, 11) is 0. The van der Waals surface area contributed by atoms with Gasteiger partial charge in [0.2, 0.25) is 0 Å². The number of rotatable bonds is 1. The molecule has 0 spiro atoms. The van der Waals surface area contributed by atoms with Gasteiger partial charge in [-0.1, -0.05) is 0 Å². The third-order valence-corrected chi connectivity index (χ3v) is 2.97. The smallest absolute Gasteiger partial charge is 0.140 e. The van der Waals surface area contributed by atoms with Gasteiger partial charge in [-0.2, -0.15) is 10.4 Å². The fourth-order valence-electron chi connectivity index (χ4n) is 2.16. The van der Waals surface area contributed by atoms with Crippen molar-refractivity contribution in [3.63, 3.8) is 0 Å². The lowest BCUT2D eigenvalue weighted by molar-refractivity contribution is -0.0704. The molecule has 1 aliphatic heterocycles. The summed E-state index contributed by atoms with van der Waals surface area (Å²) in [5.41, 5.74) is 6.17. The molecular weight excluding hydrogens is 204 g/mol. The molecule has 16 heavy (non-hydrogen) atoms. The second kappa shape index (κ2) is 3.80. The van der Waals surface area contributed by atoms with E-state index in [4.69, 9.17) is 15.7 Å². The molecule has 0 radical (unpaired) electrons. The van der Waals surface area contributed by atoms with E-state index in [1.54, 1.807) is 4.68 Å². The normalized spacial score (nSPS) is 23.9. The van der Waals surface area contributed by atoms with Gasteiger partial charge in [0.25, 0.3) is 0 Å². The van der Waals surface area contributed by atoms with Crippen LogP contribution in [0.4, 0.5) is 5.82 Å². The lowest BCUT2D eigenvalue weighted by Gasteiger charge is -2.35. The number of aromatic nitrogens is 2. The highest BCUT2D eigenvalue weighted by atomic mass is 16.5. The Labute approximate surface area is 94.8 Å². The van der Waals surface area contributed by atoms with Crippen LogP contribution in [0.5, 0.6) is 0 Å². The summed E-state index contributed by atoms with van der Waals surface area (Å²) in [6, 6.07) is 2.26. The SMILES string of the molecule is CC1(C)CC(n2ncc(C#N)c2N)CCO1. The molecule has 1 unspecified atom stereocenters. The summed E-state index contributed by atoms with van der Waals surface area (Å²) in [4.78, 5) is 0. The molecule has 1 aliphatic rings. The van der Waals surface area contributed by atoms with Crippen LogP contribution in [0.1, 0.15) is 38.3 Å². The van der Waals surface area contributed by atoms with Gasteiger partial charge < -0.3 is 10.5 Å². The Morgan fingerprint density at radius 3 is 3.00 bits per heavy atom. The number of hydrogen-bond acceptors (Lipinski definition) is 4. The molecule has 2 heterocycles. The average molecular weight is 220 g/mol. The van der Waals surface area contributed by atoms with Crippen LogP contribution in [-0.4, -0.2) is 22.0 Å². The number of nitrogens with zero attached hydrogens (tertiary/aromatic N) is 3. The van der Waals surface area contributed by atoms with Crippen molar-refractivity contribution in [3.05, 3.63) is 11.8 Å². The van der Waals surface area contributed by atoms with Gasteiger partial charge in [0, 0.05) is 6.61 Å². The summed E-state index contributed by atoms with van der Waals surface area (Å²) in [5.74, 6) is 0.463. The van der Waals surface area contributed by atoms with E-state index in [9.17, 15) is 0 Å². The zero-order chi connectivity index (χ0) is 11.8. The first-order chi connectivity index (χ1) is 7.53. The number of anilines is 1. The Kier molecular flexibility index (Phi) is 2.60. The van der Waals surface area contributed by atoms with E-state index in [0.29, 0.717) is 18.0 Å². The second-order valence-corrected chi connectivity index (χ2v) is 4.75. The highest BCUT2D eigenvalue weighted by Crippen LogP contribution is 2.33. The molecule has 0 bridgehead atoms. The highest BCUT2D eigenvalue weighted by Gasteiger charge is 2.31. The highest BCUT2D eigenvalue weighted by molar-refractivity contribution is 5.47. The van der Waals surface area contributed by atoms with Gasteiger partial charge in [-0.05, 0) is 26.7 Å². The first kappa shape index (κ1) is 11.0. The van der Waals surface area contributed by atoms with Crippen LogP contribution >= 0.6 is 0 Å². The molecule has 86 valence electrons. The third kappa shape index (κ3) is 1.89. The van der Waals surface area contributed by atoms with Crippen molar-refractivity contribution in [2.24, 2.45) is 0 Å². The zero-order valence-corrected chi connectivity index (χ0v) is 9.60. The number of nitrogen functional groups attached to an aromatic ring is 1. The second-order valence-electron chi connectivity index (χ2n) is 4.75. The number of hydrogen-bond donors (Lipinski definition) is 1. The summed E-state index contributed by atoms with van der Waals surface area (Å²) in [6.07, 6.45) is 3.28. The number of nitrogens with two attached hydrogens (primary N) is 1. The van der Waals surface area contributed by atoms with Crippen molar-refractivity contribution in [1.82, 2.24) is 9.78 Å². The molecule has 0 saturated carbocycles. The monoisotopic (exact) mass is 220 g/mol. The van der Waals surface area contributed by atoms with Crippen molar-refractivity contribution in [2.45, 2.75) is 38.3 Å². The van der Waals surface area contributed by atoms with Crippen molar-refractivity contribution in [3.8, 4) is 6.07 Å². The standard InChI is InChI=1S/C11H16N4O/c1-11(2)5-9(3-4-16-11)15-10(13)8(6-12)7-14-15/h7,9H,3-5,13H2,1-2H3. The lowest BCUT2D eigenvalue weighted by atomic mass is 9.94. The predicted octanol–water partition coefficient (Wildman–Crippen LogP) is 1.47. The molecule has 0 amide bonds. The van der Waals surface area contributed by atoms with E-state index < -0.39 is 0 Å². The molecule has 1 saturated heterocycles. The molecule has 1 aromatic rings. The van der Waals surface area contributed by atoms with Gasteiger partial charge in [-0.25, -0.2) is 4.68 Å². The van der Waals surface area contributed by atoms with Crippen molar-refractivity contribution in [1.29, 1.82) is 5.26 Å². The summed E-state index contributed by atoms with van der Waals surface area (Å²) in [6.45, 7) is 4.83. The Morgan fingerprint density at radius 2 is 2.44 bits per heavy atom. The van der Waals surface area contributed by atoms with E-state index in [1.165, 1.54) is 6.20 Å². The maximum absolute atomic E-state index is 8.82. The Hall–Kier alpha value is -1.54. The van der Waals surface area contributed by atoms with Crippen LogP contribution in [-0.2, 0) is 4.74 Å². The van der Waals surface area contributed by atoms with Gasteiger partial charge >= 0.3 is 0 Å². The van der Waals surface area contributed by atoms with Crippen molar-refractivity contribution >= 4 is 5.82 Å². The van der Waals surface area contributed by atoms with E-state index in [2.05, 4.69) is 18.9 Å². The zero-order valence-electron chi connectivity index (χ0n) is 9.60. The summed E-state index contributed by atoms with van der Waals surface area (Å²) < 4.78 is 7.40. The fraction of sp³-hybridized carbons (Fsp3) is 0.636. The Bertz CT molecular complexity index is 430. The maximum atomic E-state index is 8.82. The van der Waals surface area contributed by atoms with Gasteiger partial charge in [0.15, 0.2) is 0 Å². The molecular formula is C11H16N4O. The first-order valence-corrected chi connectivity index (χ1v) is 5.40. The molecule has 5 heteroatoms. The molecule has 2 N–H and O–H groups in total. The van der Waals surface area contributed by atoms with Crippen LogP contribution in [0.3, 0.4) is 0 Å². The minimum atomic E-state index is -0.145. The minimum Gasteiger partial charge on any atom is -0.383 e.